The first-order chi connectivity index (χ1) is 22.2. The van der Waals surface area contributed by atoms with Crippen LogP contribution in [0.1, 0.15) is 59.2 Å². The van der Waals surface area contributed by atoms with Gasteiger partial charge in [0, 0.05) is 5.56 Å². The fourth-order valence-electron chi connectivity index (χ4n) is 4.63. The van der Waals surface area contributed by atoms with Gasteiger partial charge in [-0.15, -0.1) is 0 Å². The Bertz CT molecular complexity index is 1810. The van der Waals surface area contributed by atoms with E-state index in [4.69, 9.17) is 18.5 Å². The Hall–Kier alpha value is -3.70. The van der Waals surface area contributed by atoms with Gasteiger partial charge in [-0.05, 0) is 24.1 Å². The number of hydrogen-bond acceptors (Lipinski definition) is 9. The number of thiazole rings is 1. The fraction of sp³-hybridized carbons (Fsp3) is 0.286. The Morgan fingerprint density at radius 3 is 2.54 bits per heavy atom. The van der Waals surface area contributed by atoms with Gasteiger partial charge in [-0.2, -0.15) is 5.26 Å². The van der Waals surface area contributed by atoms with E-state index in [0.717, 1.165) is 21.2 Å². The summed E-state index contributed by atoms with van der Waals surface area (Å²) in [6.45, 7) is 8.58. The summed E-state index contributed by atoms with van der Waals surface area (Å²) >= 11 is 1.24. The van der Waals surface area contributed by atoms with Crippen molar-refractivity contribution < 1.29 is 27.9 Å². The van der Waals surface area contributed by atoms with Crippen molar-refractivity contribution in [3.63, 3.8) is 0 Å². The number of nitrogens with zero attached hydrogens (tertiary/aromatic N) is 2. The maximum absolute atomic E-state index is 13.3. The van der Waals surface area contributed by atoms with E-state index in [1.165, 1.54) is 15.8 Å². The van der Waals surface area contributed by atoms with Crippen molar-refractivity contribution in [2.75, 3.05) is 19.4 Å². The van der Waals surface area contributed by atoms with E-state index in [0.29, 0.717) is 64.4 Å². The Morgan fingerprint density at radius 1 is 1.11 bits per heavy atom. The molecule has 0 radical (unpaired) electrons. The SMILES string of the molecule is CCOP1(=O)CCC([Se]c2ccccc2)=C(c2ccc(COC(=O)c3sc(-c4ccc(OCC(C)C)c(C#N)c4)nc3C)cc2)O1. The van der Waals surface area contributed by atoms with Crippen LogP contribution in [0.3, 0.4) is 0 Å². The third-order valence-electron chi connectivity index (χ3n) is 6.89. The number of ether oxygens (including phenoxy) is 2. The van der Waals surface area contributed by atoms with E-state index < -0.39 is 13.6 Å². The molecule has 8 nitrogen and oxygen atoms in total. The van der Waals surface area contributed by atoms with Crippen molar-refractivity contribution in [2.45, 2.75) is 40.7 Å². The number of esters is 1. The molecule has 1 aromatic heterocycles. The third-order valence-corrected chi connectivity index (χ3v) is 12.4. The summed E-state index contributed by atoms with van der Waals surface area (Å²) in [4.78, 5) is 18.1. The molecule has 0 amide bonds. The molecule has 0 saturated heterocycles. The van der Waals surface area contributed by atoms with Crippen molar-refractivity contribution in [1.29, 1.82) is 5.26 Å². The molecular weight excluding hydrogens is 686 g/mol. The topological polar surface area (TPSA) is 108 Å². The molecule has 0 aliphatic carbocycles. The summed E-state index contributed by atoms with van der Waals surface area (Å²) in [6, 6.07) is 25.3. The molecule has 1 unspecified atom stereocenters. The molecule has 1 aliphatic rings. The summed E-state index contributed by atoms with van der Waals surface area (Å²) in [6.07, 6.45) is 1.00. The molecule has 0 fully saturated rings. The molecule has 4 aromatic rings. The van der Waals surface area contributed by atoms with Crippen molar-refractivity contribution in [3.05, 3.63) is 105 Å². The number of nitriles is 1. The van der Waals surface area contributed by atoms with Gasteiger partial charge in [0.05, 0.1) is 12.2 Å². The van der Waals surface area contributed by atoms with Crippen molar-refractivity contribution in [2.24, 2.45) is 5.92 Å². The molecule has 0 spiro atoms. The molecule has 0 bridgehead atoms. The Balaban J connectivity index is 1.28. The molecular formula is C35H35N2O6PSSe. The van der Waals surface area contributed by atoms with E-state index >= 15 is 0 Å². The zero-order chi connectivity index (χ0) is 32.7. The number of aryl methyl sites for hydroxylation is 1. The van der Waals surface area contributed by atoms with Crippen LogP contribution in [0.5, 0.6) is 5.75 Å². The predicted octanol–water partition coefficient (Wildman–Crippen LogP) is 7.73. The second-order valence-corrected chi connectivity index (χ2v) is 16.6. The van der Waals surface area contributed by atoms with Crippen molar-refractivity contribution in [3.8, 4) is 22.4 Å². The van der Waals surface area contributed by atoms with E-state index in [2.05, 4.69) is 23.2 Å². The summed E-state index contributed by atoms with van der Waals surface area (Å²) in [7, 11) is -3.23. The molecule has 2 heterocycles. The van der Waals surface area contributed by atoms with Crippen LogP contribution in [-0.2, 0) is 25.0 Å². The fourth-order valence-corrected chi connectivity index (χ4v) is 9.89. The van der Waals surface area contributed by atoms with Gasteiger partial charge >= 0.3 is 204 Å². The molecule has 3 aromatic carbocycles. The minimum absolute atomic E-state index is 0.00741. The van der Waals surface area contributed by atoms with Crippen LogP contribution in [-0.4, -0.2) is 45.3 Å². The Labute approximate surface area is 280 Å². The monoisotopic (exact) mass is 722 g/mol. The van der Waals surface area contributed by atoms with Crippen LogP contribution in [0, 0.1) is 24.2 Å². The Kier molecular flexibility index (Phi) is 11.2. The van der Waals surface area contributed by atoms with E-state index in [9.17, 15) is 14.6 Å². The number of allylic oxidation sites excluding steroid dienone is 1. The number of hydrogen-bond donors (Lipinski definition) is 0. The number of rotatable bonds is 12. The average molecular weight is 722 g/mol. The van der Waals surface area contributed by atoms with Crippen LogP contribution in [0.2, 0.25) is 0 Å². The molecule has 46 heavy (non-hydrogen) atoms. The first-order valence-electron chi connectivity index (χ1n) is 15.0. The van der Waals surface area contributed by atoms with Crippen molar-refractivity contribution in [1.82, 2.24) is 4.98 Å². The normalized spacial score (nSPS) is 16.2. The molecule has 5 rings (SSSR count). The summed E-state index contributed by atoms with van der Waals surface area (Å²) < 4.78 is 38.7. The first kappa shape index (κ1) is 33.7. The van der Waals surface area contributed by atoms with Gasteiger partial charge in [0.1, 0.15) is 11.8 Å². The average Bonchev–Trinajstić information content (AvgIpc) is 3.45. The quantitative estimate of drug-likeness (QED) is 0.0832. The maximum atomic E-state index is 13.3. The molecule has 1 atom stereocenters. The van der Waals surface area contributed by atoms with Crippen LogP contribution >= 0.6 is 18.9 Å². The van der Waals surface area contributed by atoms with Crippen LogP contribution in [0.15, 0.2) is 77.3 Å². The van der Waals surface area contributed by atoms with Gasteiger partial charge in [0.25, 0.3) is 0 Å². The van der Waals surface area contributed by atoms with E-state index in [1.807, 2.05) is 69.3 Å². The van der Waals surface area contributed by atoms with Crippen LogP contribution in [0.4, 0.5) is 0 Å². The van der Waals surface area contributed by atoms with Gasteiger partial charge in [-0.1, -0.05) is 13.8 Å². The zero-order valence-electron chi connectivity index (χ0n) is 26.1. The predicted molar refractivity (Wildman–Crippen MR) is 181 cm³/mol. The van der Waals surface area contributed by atoms with E-state index in [1.54, 1.807) is 19.1 Å². The van der Waals surface area contributed by atoms with Gasteiger partial charge in [0.2, 0.25) is 0 Å². The molecule has 11 heteroatoms. The molecule has 0 saturated carbocycles. The van der Waals surface area contributed by atoms with Crippen LogP contribution in [0.25, 0.3) is 16.3 Å². The van der Waals surface area contributed by atoms with Gasteiger partial charge in [-0.25, -0.2) is 0 Å². The number of carbonyl (C=O) groups is 1. The molecule has 238 valence electrons. The zero-order valence-corrected chi connectivity index (χ0v) is 29.6. The summed E-state index contributed by atoms with van der Waals surface area (Å²) in [5, 5.41) is 10.3. The standard InChI is InChI=1S/C35H35N2O6PSSe/c1-5-42-44(39)18-17-31(46-29-9-7-6-8-10-29)32(43-44)26-13-11-25(12-14-26)22-41-35(38)33-24(4)37-34(45-33)27-15-16-30(28(19-27)20-36)40-21-23(2)3/h6-16,19,23H,5,17-18,21-22H2,1-4H3. The van der Waals surface area contributed by atoms with Gasteiger partial charge < -0.3 is 4.74 Å². The van der Waals surface area contributed by atoms with Gasteiger partial charge in [0.15, 0.2) is 0 Å². The Morgan fingerprint density at radius 2 is 1.85 bits per heavy atom. The number of benzene rings is 3. The molecule has 1 aliphatic heterocycles. The minimum atomic E-state index is -3.23. The molecule has 0 N–H and O–H groups in total. The second-order valence-electron chi connectivity index (χ2n) is 11.0. The second kappa shape index (κ2) is 15.3. The summed E-state index contributed by atoms with van der Waals surface area (Å²) in [5.74, 6) is 1.01. The third kappa shape index (κ3) is 8.36. The summed E-state index contributed by atoms with van der Waals surface area (Å²) in [5.41, 5.74) is 3.32. The number of carbonyl (C=O) groups excluding carboxylic acids is 1. The van der Waals surface area contributed by atoms with Gasteiger partial charge in [-0.3, -0.25) is 0 Å². The number of aromatic nitrogens is 1. The van der Waals surface area contributed by atoms with E-state index in [-0.39, 0.29) is 21.6 Å². The van der Waals surface area contributed by atoms with Crippen molar-refractivity contribution >= 4 is 50.1 Å². The first-order valence-corrected chi connectivity index (χ1v) is 19.2. The van der Waals surface area contributed by atoms with Crippen LogP contribution < -0.4 is 9.20 Å².